The molecule has 0 saturated heterocycles. The summed E-state index contributed by atoms with van der Waals surface area (Å²) < 4.78 is 14.7. The summed E-state index contributed by atoms with van der Waals surface area (Å²) in [5, 5.41) is 3.57. The molecule has 2 aromatic rings. The van der Waals surface area contributed by atoms with Crippen molar-refractivity contribution in [2.75, 3.05) is 11.1 Å². The molecule has 2 rings (SSSR count). The summed E-state index contributed by atoms with van der Waals surface area (Å²) in [6.07, 6.45) is 0. The normalized spacial score (nSPS) is 12.2. The molecule has 0 heterocycles. The molecule has 3 N–H and O–H groups in total. The van der Waals surface area contributed by atoms with Crippen molar-refractivity contribution in [2.24, 2.45) is 0 Å². The van der Waals surface area contributed by atoms with E-state index >= 15 is 0 Å². The molecule has 0 aliphatic heterocycles. The summed E-state index contributed by atoms with van der Waals surface area (Å²) in [4.78, 5) is 0. The van der Waals surface area contributed by atoms with Gasteiger partial charge in [0.1, 0.15) is 5.82 Å². The Kier molecular flexibility index (Phi) is 4.32. The maximum Gasteiger partial charge on any atom is 0.129 e. The second kappa shape index (κ2) is 5.80. The van der Waals surface area contributed by atoms with E-state index in [0.717, 1.165) is 10.2 Å². The lowest BCUT2D eigenvalue weighted by atomic mass is 10.1. The highest BCUT2D eigenvalue weighted by atomic mass is 79.9. The molecule has 0 aromatic heterocycles. The van der Waals surface area contributed by atoms with Crippen LogP contribution in [0.4, 0.5) is 15.8 Å². The van der Waals surface area contributed by atoms with Crippen molar-refractivity contribution in [3.05, 3.63) is 57.3 Å². The molecule has 0 fully saturated rings. The van der Waals surface area contributed by atoms with Gasteiger partial charge in [0.05, 0.1) is 17.4 Å². The first-order valence-electron chi connectivity index (χ1n) is 5.74. The third-order valence-corrected chi connectivity index (χ3v) is 3.54. The van der Waals surface area contributed by atoms with Gasteiger partial charge >= 0.3 is 0 Å². The van der Waals surface area contributed by atoms with Gasteiger partial charge in [0, 0.05) is 15.1 Å². The lowest BCUT2D eigenvalue weighted by Crippen LogP contribution is -2.10. The van der Waals surface area contributed by atoms with Crippen molar-refractivity contribution in [2.45, 2.75) is 13.0 Å². The number of hydrogen-bond donors (Lipinski definition) is 2. The fourth-order valence-corrected chi connectivity index (χ4v) is 2.34. The number of nitrogens with two attached hydrogens (primary N) is 1. The summed E-state index contributed by atoms with van der Waals surface area (Å²) in [5.41, 5.74) is 7.80. The van der Waals surface area contributed by atoms with Gasteiger partial charge in [0.25, 0.3) is 0 Å². The number of rotatable bonds is 3. The van der Waals surface area contributed by atoms with Crippen LogP contribution < -0.4 is 11.1 Å². The summed E-state index contributed by atoms with van der Waals surface area (Å²) >= 11 is 9.12. The Hall–Kier alpha value is -1.26. The zero-order chi connectivity index (χ0) is 14.0. The van der Waals surface area contributed by atoms with E-state index in [4.69, 9.17) is 17.3 Å². The van der Waals surface area contributed by atoms with E-state index in [9.17, 15) is 4.39 Å². The molecule has 1 unspecified atom stereocenters. The minimum absolute atomic E-state index is 0.214. The average molecular weight is 344 g/mol. The minimum Gasteiger partial charge on any atom is -0.397 e. The third kappa shape index (κ3) is 3.39. The molecule has 100 valence electrons. The number of benzene rings is 2. The van der Waals surface area contributed by atoms with Crippen LogP contribution in [0.15, 0.2) is 40.9 Å². The van der Waals surface area contributed by atoms with Crippen LogP contribution in [0.25, 0.3) is 0 Å². The van der Waals surface area contributed by atoms with Crippen LogP contribution in [0.2, 0.25) is 5.02 Å². The monoisotopic (exact) mass is 342 g/mol. The van der Waals surface area contributed by atoms with Crippen molar-refractivity contribution >= 4 is 38.9 Å². The van der Waals surface area contributed by atoms with Gasteiger partial charge in [-0.15, -0.1) is 0 Å². The molecule has 0 bridgehead atoms. The quantitative estimate of drug-likeness (QED) is 0.770. The Balaban J connectivity index is 2.25. The Morgan fingerprint density at radius 1 is 1.26 bits per heavy atom. The van der Waals surface area contributed by atoms with Crippen LogP contribution in [-0.4, -0.2) is 0 Å². The van der Waals surface area contributed by atoms with Gasteiger partial charge in [-0.25, -0.2) is 4.39 Å². The first-order valence-corrected chi connectivity index (χ1v) is 6.91. The van der Waals surface area contributed by atoms with E-state index in [2.05, 4.69) is 21.2 Å². The van der Waals surface area contributed by atoms with Gasteiger partial charge in [-0.1, -0.05) is 33.6 Å². The molecule has 0 radical (unpaired) electrons. The molecule has 1 atom stereocenters. The van der Waals surface area contributed by atoms with Crippen LogP contribution in [0.3, 0.4) is 0 Å². The standard InChI is InChI=1S/C14H13BrClFN2/c1-8(11-4-3-10(16)7-12(11)17)19-14-6-9(15)2-5-13(14)18/h2-8,19H,18H2,1H3. The first kappa shape index (κ1) is 14.2. The van der Waals surface area contributed by atoms with Crippen molar-refractivity contribution in [3.63, 3.8) is 0 Å². The zero-order valence-corrected chi connectivity index (χ0v) is 12.6. The molecule has 0 spiro atoms. The van der Waals surface area contributed by atoms with Gasteiger partial charge < -0.3 is 11.1 Å². The highest BCUT2D eigenvalue weighted by Gasteiger charge is 2.12. The molecule has 19 heavy (non-hydrogen) atoms. The summed E-state index contributed by atoms with van der Waals surface area (Å²) in [6.45, 7) is 1.87. The summed E-state index contributed by atoms with van der Waals surface area (Å²) in [7, 11) is 0. The first-order chi connectivity index (χ1) is 8.97. The summed E-state index contributed by atoms with van der Waals surface area (Å²) in [6, 6.07) is 9.94. The van der Waals surface area contributed by atoms with Crippen molar-refractivity contribution in [1.82, 2.24) is 0 Å². The Bertz CT molecular complexity index is 604. The number of halogens is 3. The Morgan fingerprint density at radius 2 is 2.00 bits per heavy atom. The molecule has 0 aliphatic rings. The molecule has 2 nitrogen and oxygen atoms in total. The van der Waals surface area contributed by atoms with Crippen LogP contribution in [-0.2, 0) is 0 Å². The molecule has 0 amide bonds. The fraction of sp³-hybridized carbons (Fsp3) is 0.143. The van der Waals surface area contributed by atoms with Gasteiger partial charge in [0.15, 0.2) is 0 Å². The highest BCUT2D eigenvalue weighted by Crippen LogP contribution is 2.29. The molecular formula is C14H13BrClFN2. The maximum atomic E-state index is 13.8. The van der Waals surface area contributed by atoms with E-state index in [1.807, 2.05) is 19.1 Å². The van der Waals surface area contributed by atoms with E-state index in [1.165, 1.54) is 6.07 Å². The number of hydrogen-bond acceptors (Lipinski definition) is 2. The second-order valence-corrected chi connectivity index (χ2v) is 5.62. The number of nitrogens with one attached hydrogen (secondary N) is 1. The summed E-state index contributed by atoms with van der Waals surface area (Å²) in [5.74, 6) is -0.332. The van der Waals surface area contributed by atoms with Gasteiger partial charge in [-0.3, -0.25) is 0 Å². The van der Waals surface area contributed by atoms with Crippen molar-refractivity contribution < 1.29 is 4.39 Å². The van der Waals surface area contributed by atoms with E-state index in [-0.39, 0.29) is 11.9 Å². The molecule has 0 saturated carbocycles. The van der Waals surface area contributed by atoms with Crippen molar-refractivity contribution in [3.8, 4) is 0 Å². The highest BCUT2D eigenvalue weighted by molar-refractivity contribution is 9.10. The van der Waals surface area contributed by atoms with Crippen LogP contribution in [0.5, 0.6) is 0 Å². The largest absolute Gasteiger partial charge is 0.397 e. The van der Waals surface area contributed by atoms with E-state index < -0.39 is 0 Å². The second-order valence-electron chi connectivity index (χ2n) is 4.26. The molecule has 2 aromatic carbocycles. The van der Waals surface area contributed by atoms with Crippen LogP contribution >= 0.6 is 27.5 Å². The van der Waals surface area contributed by atoms with E-state index in [1.54, 1.807) is 18.2 Å². The molecule has 0 aliphatic carbocycles. The molecule has 5 heteroatoms. The lowest BCUT2D eigenvalue weighted by Gasteiger charge is -2.18. The van der Waals surface area contributed by atoms with Crippen molar-refractivity contribution in [1.29, 1.82) is 0 Å². The zero-order valence-electron chi connectivity index (χ0n) is 10.3. The maximum absolute atomic E-state index is 13.8. The van der Waals surface area contributed by atoms with Crippen LogP contribution in [0, 0.1) is 5.82 Å². The number of nitrogen functional groups attached to an aromatic ring is 1. The smallest absolute Gasteiger partial charge is 0.129 e. The third-order valence-electron chi connectivity index (χ3n) is 2.82. The van der Waals surface area contributed by atoms with E-state index in [0.29, 0.717) is 16.3 Å². The van der Waals surface area contributed by atoms with Gasteiger partial charge in [-0.05, 0) is 37.3 Å². The van der Waals surface area contributed by atoms with Gasteiger partial charge in [0.2, 0.25) is 0 Å². The number of anilines is 2. The Labute approximate surface area is 124 Å². The average Bonchev–Trinajstić information content (AvgIpc) is 2.33. The Morgan fingerprint density at radius 3 is 2.68 bits per heavy atom. The predicted molar refractivity (Wildman–Crippen MR) is 82.0 cm³/mol. The SMILES string of the molecule is CC(Nc1cc(Br)ccc1N)c1ccc(Cl)cc1F. The predicted octanol–water partition coefficient (Wildman–Crippen LogP) is 5.00. The fourth-order valence-electron chi connectivity index (χ4n) is 1.82. The van der Waals surface area contributed by atoms with Gasteiger partial charge in [-0.2, -0.15) is 0 Å². The molecular weight excluding hydrogens is 331 g/mol. The van der Waals surface area contributed by atoms with Crippen LogP contribution in [0.1, 0.15) is 18.5 Å². The minimum atomic E-state index is -0.332. The lowest BCUT2D eigenvalue weighted by molar-refractivity contribution is 0.600. The topological polar surface area (TPSA) is 38.0 Å².